The number of rotatable bonds is 5. The maximum absolute atomic E-state index is 12.5. The van der Waals surface area contributed by atoms with Gasteiger partial charge in [0, 0.05) is 28.6 Å². The van der Waals surface area contributed by atoms with Crippen LogP contribution in [0.25, 0.3) is 0 Å². The maximum atomic E-state index is 12.5. The molecule has 2 aromatic rings. The maximum Gasteiger partial charge on any atom is 0.314 e. The second kappa shape index (κ2) is 9.29. The number of thioether (sulfide) groups is 1. The van der Waals surface area contributed by atoms with Crippen molar-refractivity contribution in [1.82, 2.24) is 4.90 Å². The van der Waals surface area contributed by atoms with Gasteiger partial charge >= 0.3 is 5.97 Å². The van der Waals surface area contributed by atoms with Gasteiger partial charge in [-0.1, -0.05) is 18.5 Å². The number of amides is 1. The number of hydrogen-bond acceptors (Lipinski definition) is 4. The molecule has 0 N–H and O–H groups in total. The number of piperidine rings is 1. The smallest absolute Gasteiger partial charge is 0.314 e. The molecule has 3 rings (SSSR count). The molecule has 6 heteroatoms. The van der Waals surface area contributed by atoms with Crippen molar-refractivity contribution in [2.75, 3.05) is 18.8 Å². The molecule has 27 heavy (non-hydrogen) atoms. The molecule has 0 atom stereocenters. The molecule has 0 aliphatic carbocycles. The second-order valence-corrected chi connectivity index (χ2v) is 8.17. The largest absolute Gasteiger partial charge is 0.426 e. The van der Waals surface area contributed by atoms with Crippen molar-refractivity contribution < 1.29 is 14.3 Å². The molecule has 1 amide bonds. The minimum absolute atomic E-state index is 0.0255. The monoisotopic (exact) mass is 403 g/mol. The van der Waals surface area contributed by atoms with E-state index in [-0.39, 0.29) is 17.8 Å². The zero-order valence-electron chi connectivity index (χ0n) is 15.2. The quantitative estimate of drug-likeness (QED) is 0.404. The Labute approximate surface area is 168 Å². The summed E-state index contributed by atoms with van der Waals surface area (Å²) in [5, 5.41) is 0.606. The topological polar surface area (TPSA) is 46.6 Å². The molecule has 1 fully saturated rings. The van der Waals surface area contributed by atoms with Gasteiger partial charge < -0.3 is 9.64 Å². The van der Waals surface area contributed by atoms with Gasteiger partial charge in [-0.2, -0.15) is 0 Å². The lowest BCUT2D eigenvalue weighted by atomic mass is 9.96. The van der Waals surface area contributed by atoms with Crippen molar-refractivity contribution in [3.63, 3.8) is 0 Å². The number of hydrogen-bond donors (Lipinski definition) is 0. The van der Waals surface area contributed by atoms with Crippen LogP contribution >= 0.6 is 23.4 Å². The number of benzene rings is 2. The highest BCUT2D eigenvalue weighted by Gasteiger charge is 2.29. The average Bonchev–Trinajstić information content (AvgIpc) is 2.70. The van der Waals surface area contributed by atoms with E-state index >= 15 is 0 Å². The Morgan fingerprint density at radius 2 is 1.70 bits per heavy atom. The molecule has 1 aliphatic heterocycles. The Morgan fingerprint density at radius 3 is 2.30 bits per heavy atom. The molecule has 1 heterocycles. The highest BCUT2D eigenvalue weighted by molar-refractivity contribution is 7.99. The number of esters is 1. The van der Waals surface area contributed by atoms with Crippen LogP contribution in [-0.2, 0) is 4.79 Å². The van der Waals surface area contributed by atoms with Crippen LogP contribution in [0.3, 0.4) is 0 Å². The van der Waals surface area contributed by atoms with Crippen molar-refractivity contribution in [2.24, 2.45) is 5.92 Å². The third-order valence-electron chi connectivity index (χ3n) is 4.56. The fraction of sp³-hybridized carbons (Fsp3) is 0.333. The van der Waals surface area contributed by atoms with Crippen LogP contribution in [0.4, 0.5) is 0 Å². The molecule has 0 aromatic heterocycles. The Kier molecular flexibility index (Phi) is 6.80. The van der Waals surface area contributed by atoms with Crippen molar-refractivity contribution in [3.8, 4) is 5.75 Å². The summed E-state index contributed by atoms with van der Waals surface area (Å²) in [5.74, 6) is 1.16. The molecule has 1 saturated heterocycles. The standard InChI is InChI=1S/C21H22ClNO3S/c1-2-27-19-9-7-18(8-10-19)26-21(25)16-11-13-23(14-12-16)20(24)15-3-5-17(22)6-4-15/h3-10,16H,2,11-14H2,1H3. The Balaban J connectivity index is 1.51. The van der Waals surface area contributed by atoms with Gasteiger partial charge in [0.2, 0.25) is 0 Å². The first-order valence-electron chi connectivity index (χ1n) is 9.06. The van der Waals surface area contributed by atoms with Gasteiger partial charge in [-0.15, -0.1) is 11.8 Å². The van der Waals surface area contributed by atoms with Crippen molar-refractivity contribution >= 4 is 35.2 Å². The molecule has 0 spiro atoms. The summed E-state index contributed by atoms with van der Waals surface area (Å²) in [4.78, 5) is 27.9. The summed E-state index contributed by atoms with van der Waals surface area (Å²) in [5.41, 5.74) is 0.616. The lowest BCUT2D eigenvalue weighted by Gasteiger charge is -2.31. The van der Waals surface area contributed by atoms with Crippen LogP contribution < -0.4 is 4.74 Å². The number of nitrogens with zero attached hydrogens (tertiary/aromatic N) is 1. The van der Waals surface area contributed by atoms with Gasteiger partial charge in [-0.05, 0) is 67.1 Å². The average molecular weight is 404 g/mol. The highest BCUT2D eigenvalue weighted by atomic mass is 35.5. The first-order chi connectivity index (χ1) is 13.1. The summed E-state index contributed by atoms with van der Waals surface area (Å²) in [6.45, 7) is 3.20. The molecule has 142 valence electrons. The number of ether oxygens (including phenoxy) is 1. The van der Waals surface area contributed by atoms with Crippen LogP contribution in [0, 0.1) is 5.92 Å². The molecular weight excluding hydrogens is 382 g/mol. The summed E-state index contributed by atoms with van der Waals surface area (Å²) < 4.78 is 5.51. The molecule has 4 nitrogen and oxygen atoms in total. The summed E-state index contributed by atoms with van der Waals surface area (Å²) >= 11 is 7.62. The molecule has 1 aliphatic rings. The van der Waals surface area contributed by atoms with E-state index in [0.29, 0.717) is 42.3 Å². The molecule has 0 bridgehead atoms. The fourth-order valence-electron chi connectivity index (χ4n) is 3.06. The van der Waals surface area contributed by atoms with E-state index in [1.54, 1.807) is 40.9 Å². The normalized spacial score (nSPS) is 14.8. The molecule has 2 aromatic carbocycles. The van der Waals surface area contributed by atoms with Crippen LogP contribution in [0.15, 0.2) is 53.4 Å². The van der Waals surface area contributed by atoms with E-state index in [0.717, 1.165) is 10.6 Å². The zero-order valence-corrected chi connectivity index (χ0v) is 16.8. The third-order valence-corrected chi connectivity index (χ3v) is 5.71. The van der Waals surface area contributed by atoms with Gasteiger partial charge in [-0.3, -0.25) is 9.59 Å². The zero-order chi connectivity index (χ0) is 19.2. The minimum atomic E-state index is -0.218. The Morgan fingerprint density at radius 1 is 1.07 bits per heavy atom. The lowest BCUT2D eigenvalue weighted by molar-refractivity contribution is -0.140. The van der Waals surface area contributed by atoms with Gasteiger partial charge in [0.15, 0.2) is 0 Å². The van der Waals surface area contributed by atoms with E-state index in [1.165, 1.54) is 0 Å². The minimum Gasteiger partial charge on any atom is -0.426 e. The summed E-state index contributed by atoms with van der Waals surface area (Å²) in [6, 6.07) is 14.5. The molecular formula is C21H22ClNO3S. The highest BCUT2D eigenvalue weighted by Crippen LogP contribution is 2.24. The third kappa shape index (κ3) is 5.27. The summed E-state index contributed by atoms with van der Waals surface area (Å²) in [6.07, 6.45) is 1.23. The number of halogens is 1. The Bertz CT molecular complexity index is 784. The van der Waals surface area contributed by atoms with Crippen molar-refractivity contribution in [2.45, 2.75) is 24.7 Å². The van der Waals surface area contributed by atoms with Crippen LogP contribution in [-0.4, -0.2) is 35.6 Å². The number of carbonyl (C=O) groups excluding carboxylic acids is 2. The van der Waals surface area contributed by atoms with Crippen LogP contribution in [0.5, 0.6) is 5.75 Å². The fourth-order valence-corrected chi connectivity index (χ4v) is 3.85. The first kappa shape index (κ1) is 19.8. The predicted octanol–water partition coefficient (Wildman–Crippen LogP) is 4.91. The van der Waals surface area contributed by atoms with Crippen molar-refractivity contribution in [1.29, 1.82) is 0 Å². The lowest BCUT2D eigenvalue weighted by Crippen LogP contribution is -2.41. The SMILES string of the molecule is CCSc1ccc(OC(=O)C2CCN(C(=O)c3ccc(Cl)cc3)CC2)cc1. The van der Waals surface area contributed by atoms with Crippen LogP contribution in [0.1, 0.15) is 30.1 Å². The van der Waals surface area contributed by atoms with Gasteiger partial charge in [0.25, 0.3) is 5.91 Å². The Hall–Kier alpha value is -1.98. The van der Waals surface area contributed by atoms with Crippen molar-refractivity contribution in [3.05, 3.63) is 59.1 Å². The van der Waals surface area contributed by atoms with E-state index in [2.05, 4.69) is 6.92 Å². The number of carbonyl (C=O) groups is 2. The van der Waals surface area contributed by atoms with Crippen LogP contribution in [0.2, 0.25) is 5.02 Å². The van der Waals surface area contributed by atoms with Gasteiger partial charge in [0.1, 0.15) is 5.75 Å². The van der Waals surface area contributed by atoms with E-state index in [1.807, 2.05) is 24.3 Å². The summed E-state index contributed by atoms with van der Waals surface area (Å²) in [7, 11) is 0. The molecule has 0 unspecified atom stereocenters. The van der Waals surface area contributed by atoms with E-state index < -0.39 is 0 Å². The van der Waals surface area contributed by atoms with Gasteiger partial charge in [-0.25, -0.2) is 0 Å². The van der Waals surface area contributed by atoms with Gasteiger partial charge in [0.05, 0.1) is 5.92 Å². The predicted molar refractivity (Wildman–Crippen MR) is 109 cm³/mol. The second-order valence-electron chi connectivity index (χ2n) is 6.40. The molecule has 0 radical (unpaired) electrons. The first-order valence-corrected chi connectivity index (χ1v) is 10.4. The van der Waals surface area contributed by atoms with E-state index in [4.69, 9.17) is 16.3 Å². The number of likely N-dealkylation sites (tertiary alicyclic amines) is 1. The van der Waals surface area contributed by atoms with E-state index in [9.17, 15) is 9.59 Å². The molecule has 0 saturated carbocycles.